The third kappa shape index (κ3) is 4.92. The Morgan fingerprint density at radius 3 is 2.08 bits per heavy atom. The molecule has 6 nitrogen and oxygen atoms in total. The van der Waals surface area contributed by atoms with Crippen LogP contribution in [0.1, 0.15) is 28.4 Å². The highest BCUT2D eigenvalue weighted by Gasteiger charge is 2.17. The zero-order valence-corrected chi connectivity index (χ0v) is 15.3. The van der Waals surface area contributed by atoms with E-state index in [0.29, 0.717) is 16.9 Å². The second-order valence-corrected chi connectivity index (χ2v) is 6.07. The number of carbonyl (C=O) groups is 3. The molecule has 0 radical (unpaired) electrons. The molecular formula is C20H22N2O4. The van der Waals surface area contributed by atoms with Crippen LogP contribution in [0.5, 0.6) is 0 Å². The number of benzene rings is 2. The van der Waals surface area contributed by atoms with Crippen molar-refractivity contribution in [3.05, 3.63) is 59.2 Å². The lowest BCUT2D eigenvalue weighted by molar-refractivity contribution is -0.120. The first-order valence-corrected chi connectivity index (χ1v) is 8.15. The van der Waals surface area contributed by atoms with Gasteiger partial charge in [0.25, 0.3) is 0 Å². The maximum Gasteiger partial charge on any atom is 0.337 e. The van der Waals surface area contributed by atoms with Crippen molar-refractivity contribution in [1.29, 1.82) is 0 Å². The molecule has 0 saturated heterocycles. The van der Waals surface area contributed by atoms with Gasteiger partial charge in [0.1, 0.15) is 6.54 Å². The smallest absolute Gasteiger partial charge is 0.337 e. The Morgan fingerprint density at radius 2 is 1.58 bits per heavy atom. The SMILES string of the molecule is COC(=O)c1ccc(NC(=O)CN(C(C)=O)c2cc(C)cc(C)c2)cc1. The molecule has 0 aliphatic rings. The number of anilines is 2. The maximum absolute atomic E-state index is 12.3. The highest BCUT2D eigenvalue weighted by atomic mass is 16.5. The van der Waals surface area contributed by atoms with E-state index >= 15 is 0 Å². The molecule has 0 heterocycles. The summed E-state index contributed by atoms with van der Waals surface area (Å²) in [5, 5.41) is 2.73. The van der Waals surface area contributed by atoms with Crippen molar-refractivity contribution in [2.24, 2.45) is 0 Å². The summed E-state index contributed by atoms with van der Waals surface area (Å²) in [5.74, 6) is -0.989. The number of ether oxygens (including phenoxy) is 1. The molecule has 0 aromatic heterocycles. The van der Waals surface area contributed by atoms with Crippen LogP contribution in [0.2, 0.25) is 0 Å². The van der Waals surface area contributed by atoms with E-state index in [-0.39, 0.29) is 18.4 Å². The largest absolute Gasteiger partial charge is 0.465 e. The first kappa shape index (κ1) is 19.2. The monoisotopic (exact) mass is 354 g/mol. The molecule has 136 valence electrons. The molecule has 2 rings (SSSR count). The van der Waals surface area contributed by atoms with Crippen LogP contribution in [-0.4, -0.2) is 31.4 Å². The van der Waals surface area contributed by atoms with Gasteiger partial charge < -0.3 is 15.0 Å². The lowest BCUT2D eigenvalue weighted by Crippen LogP contribution is -2.36. The molecule has 0 spiro atoms. The molecule has 2 aromatic carbocycles. The Kier molecular flexibility index (Phi) is 6.11. The summed E-state index contributed by atoms with van der Waals surface area (Å²) in [5.41, 5.74) is 3.65. The second-order valence-electron chi connectivity index (χ2n) is 6.07. The zero-order chi connectivity index (χ0) is 19.3. The Labute approximate surface area is 152 Å². The topological polar surface area (TPSA) is 75.7 Å². The van der Waals surface area contributed by atoms with E-state index in [1.807, 2.05) is 32.0 Å². The van der Waals surface area contributed by atoms with Gasteiger partial charge in [-0.3, -0.25) is 9.59 Å². The minimum absolute atomic E-state index is 0.100. The normalized spacial score (nSPS) is 10.2. The molecule has 0 aliphatic heterocycles. The van der Waals surface area contributed by atoms with Crippen molar-refractivity contribution in [3.8, 4) is 0 Å². The zero-order valence-electron chi connectivity index (χ0n) is 15.3. The lowest BCUT2D eigenvalue weighted by atomic mass is 10.1. The van der Waals surface area contributed by atoms with Gasteiger partial charge in [-0.05, 0) is 61.4 Å². The van der Waals surface area contributed by atoms with Gasteiger partial charge in [0, 0.05) is 18.3 Å². The number of carbonyl (C=O) groups excluding carboxylic acids is 3. The minimum atomic E-state index is -0.444. The molecule has 2 aromatic rings. The van der Waals surface area contributed by atoms with Crippen LogP contribution in [-0.2, 0) is 14.3 Å². The van der Waals surface area contributed by atoms with E-state index in [9.17, 15) is 14.4 Å². The molecule has 26 heavy (non-hydrogen) atoms. The van der Waals surface area contributed by atoms with Crippen LogP contribution in [0.25, 0.3) is 0 Å². The predicted octanol–water partition coefficient (Wildman–Crippen LogP) is 3.08. The molecule has 0 unspecified atom stereocenters. The number of hydrogen-bond donors (Lipinski definition) is 1. The summed E-state index contributed by atoms with van der Waals surface area (Å²) in [6.07, 6.45) is 0. The average Bonchev–Trinajstić information content (AvgIpc) is 2.58. The number of methoxy groups -OCH3 is 1. The van der Waals surface area contributed by atoms with E-state index < -0.39 is 5.97 Å². The number of hydrogen-bond acceptors (Lipinski definition) is 4. The van der Waals surface area contributed by atoms with Crippen molar-refractivity contribution < 1.29 is 19.1 Å². The van der Waals surface area contributed by atoms with Crippen molar-refractivity contribution in [2.45, 2.75) is 20.8 Å². The third-order valence-corrected chi connectivity index (χ3v) is 3.79. The van der Waals surface area contributed by atoms with Gasteiger partial charge in [-0.15, -0.1) is 0 Å². The molecule has 0 atom stereocenters. The number of aryl methyl sites for hydroxylation is 2. The van der Waals surface area contributed by atoms with Crippen LogP contribution < -0.4 is 10.2 Å². The lowest BCUT2D eigenvalue weighted by Gasteiger charge is -2.21. The standard InChI is InChI=1S/C20H22N2O4/c1-13-9-14(2)11-18(10-13)22(15(3)23)12-19(24)21-17-7-5-16(6-8-17)20(25)26-4/h5-11H,12H2,1-4H3,(H,21,24). The number of rotatable bonds is 5. The Balaban J connectivity index is 2.10. The fourth-order valence-corrected chi connectivity index (χ4v) is 2.64. The van der Waals surface area contributed by atoms with Gasteiger partial charge >= 0.3 is 5.97 Å². The van der Waals surface area contributed by atoms with Crippen LogP contribution >= 0.6 is 0 Å². The summed E-state index contributed by atoms with van der Waals surface area (Å²) in [7, 11) is 1.31. The fourth-order valence-electron chi connectivity index (χ4n) is 2.64. The van der Waals surface area contributed by atoms with Crippen LogP contribution in [0, 0.1) is 13.8 Å². The molecule has 0 bridgehead atoms. The molecule has 0 aliphatic carbocycles. The van der Waals surface area contributed by atoms with E-state index in [1.54, 1.807) is 24.3 Å². The van der Waals surface area contributed by atoms with E-state index in [0.717, 1.165) is 11.1 Å². The number of esters is 1. The highest BCUT2D eigenvalue weighted by Crippen LogP contribution is 2.19. The van der Waals surface area contributed by atoms with Crippen LogP contribution in [0.15, 0.2) is 42.5 Å². The fraction of sp³-hybridized carbons (Fsp3) is 0.250. The van der Waals surface area contributed by atoms with E-state index in [4.69, 9.17) is 0 Å². The minimum Gasteiger partial charge on any atom is -0.465 e. The van der Waals surface area contributed by atoms with Gasteiger partial charge in [-0.1, -0.05) is 6.07 Å². The van der Waals surface area contributed by atoms with Gasteiger partial charge in [-0.2, -0.15) is 0 Å². The summed E-state index contributed by atoms with van der Waals surface area (Å²) >= 11 is 0. The van der Waals surface area contributed by atoms with Crippen molar-refractivity contribution in [1.82, 2.24) is 0 Å². The second kappa shape index (κ2) is 8.29. The quantitative estimate of drug-likeness (QED) is 0.837. The molecule has 1 N–H and O–H groups in total. The van der Waals surface area contributed by atoms with E-state index in [2.05, 4.69) is 10.1 Å². The Morgan fingerprint density at radius 1 is 1.00 bits per heavy atom. The predicted molar refractivity (Wildman–Crippen MR) is 100 cm³/mol. The van der Waals surface area contributed by atoms with Crippen LogP contribution in [0.4, 0.5) is 11.4 Å². The summed E-state index contributed by atoms with van der Waals surface area (Å²) < 4.78 is 4.63. The van der Waals surface area contributed by atoms with Crippen LogP contribution in [0.3, 0.4) is 0 Å². The molecular weight excluding hydrogens is 332 g/mol. The number of nitrogens with zero attached hydrogens (tertiary/aromatic N) is 1. The van der Waals surface area contributed by atoms with Gasteiger partial charge in [0.2, 0.25) is 11.8 Å². The molecule has 0 fully saturated rings. The van der Waals surface area contributed by atoms with Crippen molar-refractivity contribution in [2.75, 3.05) is 23.9 Å². The van der Waals surface area contributed by atoms with Gasteiger partial charge in [0.15, 0.2) is 0 Å². The molecule has 6 heteroatoms. The highest BCUT2D eigenvalue weighted by molar-refractivity contribution is 6.02. The summed E-state index contributed by atoms with van der Waals surface area (Å²) in [6, 6.07) is 12.1. The molecule has 0 saturated carbocycles. The van der Waals surface area contributed by atoms with Gasteiger partial charge in [-0.25, -0.2) is 4.79 Å². The Bertz CT molecular complexity index is 808. The first-order valence-electron chi connectivity index (χ1n) is 8.15. The summed E-state index contributed by atoms with van der Waals surface area (Å²) in [4.78, 5) is 37.2. The van der Waals surface area contributed by atoms with Crippen molar-refractivity contribution in [3.63, 3.8) is 0 Å². The maximum atomic E-state index is 12.3. The molecule has 2 amide bonds. The van der Waals surface area contributed by atoms with E-state index in [1.165, 1.54) is 18.9 Å². The van der Waals surface area contributed by atoms with Gasteiger partial charge in [0.05, 0.1) is 12.7 Å². The average molecular weight is 354 g/mol. The number of nitrogens with one attached hydrogen (secondary N) is 1. The summed E-state index contributed by atoms with van der Waals surface area (Å²) in [6.45, 7) is 5.21. The van der Waals surface area contributed by atoms with Crippen molar-refractivity contribution >= 4 is 29.2 Å². The third-order valence-electron chi connectivity index (χ3n) is 3.79. The number of amides is 2. The Hall–Kier alpha value is -3.15. The first-order chi connectivity index (χ1) is 12.3.